The normalized spacial score (nSPS) is 12.2. The molecule has 0 radical (unpaired) electrons. The van der Waals surface area contributed by atoms with E-state index < -0.39 is 0 Å². The van der Waals surface area contributed by atoms with Crippen LogP contribution in [0.5, 0.6) is 0 Å². The van der Waals surface area contributed by atoms with E-state index in [-0.39, 0.29) is 0 Å². The average molecular weight is 731 g/mol. The number of aromatic nitrogens is 2. The molecule has 0 unspecified atom stereocenters. The number of rotatable bonds is 7. The van der Waals surface area contributed by atoms with Gasteiger partial charge in [-0.3, -0.25) is 4.57 Å². The highest BCUT2D eigenvalue weighted by molar-refractivity contribution is 6.17. The molecule has 2 aromatic heterocycles. The molecule has 0 atom stereocenters. The van der Waals surface area contributed by atoms with Crippen LogP contribution in [0.1, 0.15) is 11.1 Å². The maximum atomic E-state index is 6.99. The molecule has 4 heteroatoms. The molecule has 2 N–H and O–H groups in total. The van der Waals surface area contributed by atoms with Crippen LogP contribution >= 0.6 is 0 Å². The van der Waals surface area contributed by atoms with Crippen LogP contribution in [0.4, 0.5) is 0 Å². The second-order valence-corrected chi connectivity index (χ2v) is 14.3. The van der Waals surface area contributed by atoms with Crippen molar-refractivity contribution in [2.24, 2.45) is 10.7 Å². The zero-order valence-electron chi connectivity index (χ0n) is 31.3. The first-order chi connectivity index (χ1) is 28.1. The van der Waals surface area contributed by atoms with Crippen LogP contribution in [0.3, 0.4) is 0 Å². The number of hydrogen-bond acceptors (Lipinski definition) is 1. The molecule has 0 saturated heterocycles. The van der Waals surface area contributed by atoms with Gasteiger partial charge in [-0.25, -0.2) is 4.99 Å². The lowest BCUT2D eigenvalue weighted by Gasteiger charge is -2.11. The predicted octanol–water partition coefficient (Wildman–Crippen LogP) is 13.1. The highest BCUT2D eigenvalue weighted by Gasteiger charge is 2.18. The van der Waals surface area contributed by atoms with Crippen molar-refractivity contribution < 1.29 is 0 Å². The molecule has 2 heterocycles. The molecule has 0 aliphatic heterocycles. The Hall–Kier alpha value is -7.69. The smallest absolute Gasteiger partial charge is 0.205 e. The fourth-order valence-electron chi connectivity index (χ4n) is 8.22. The largest absolute Gasteiger partial charge is 0.369 e. The van der Waals surface area contributed by atoms with Gasteiger partial charge in [0.15, 0.2) is 0 Å². The highest BCUT2D eigenvalue weighted by atomic mass is 15.2. The summed E-state index contributed by atoms with van der Waals surface area (Å²) in [6, 6.07) is 70.2. The Balaban J connectivity index is 1.05. The van der Waals surface area contributed by atoms with E-state index in [2.05, 4.69) is 161 Å². The number of aliphatic imine (C=N–C) groups is 1. The van der Waals surface area contributed by atoms with Crippen LogP contribution in [-0.4, -0.2) is 15.1 Å². The van der Waals surface area contributed by atoms with Gasteiger partial charge in [0, 0.05) is 32.8 Å². The van der Waals surface area contributed by atoms with Crippen molar-refractivity contribution in [3.63, 3.8) is 0 Å². The van der Waals surface area contributed by atoms with E-state index in [1.807, 2.05) is 60.7 Å². The first-order valence-electron chi connectivity index (χ1n) is 19.2. The molecule has 10 rings (SSSR count). The Bertz CT molecular complexity index is 3170. The van der Waals surface area contributed by atoms with Crippen LogP contribution in [0.15, 0.2) is 218 Å². The molecular formula is C53H38N4. The SMILES string of the molecule is C=C(/C=C(\N=C(N)n1c2ccccc2c2cc(-c3ccc(-c4cccc5c4c4ccccc4n5-c4ccccc4)cc3)ccc21)c1ccccc1)c1ccccc1. The lowest BCUT2D eigenvalue weighted by Crippen LogP contribution is -2.22. The summed E-state index contributed by atoms with van der Waals surface area (Å²) in [5.41, 5.74) is 20.8. The van der Waals surface area contributed by atoms with E-state index >= 15 is 0 Å². The van der Waals surface area contributed by atoms with Crippen LogP contribution in [0, 0.1) is 0 Å². The van der Waals surface area contributed by atoms with Crippen LogP contribution < -0.4 is 5.73 Å². The molecule has 0 aliphatic carbocycles. The molecule has 0 bridgehead atoms. The maximum Gasteiger partial charge on any atom is 0.205 e. The van der Waals surface area contributed by atoms with Gasteiger partial charge >= 0.3 is 0 Å². The zero-order chi connectivity index (χ0) is 38.3. The van der Waals surface area contributed by atoms with E-state index in [1.165, 1.54) is 32.9 Å². The molecule has 0 fully saturated rings. The minimum absolute atomic E-state index is 0.386. The number of para-hydroxylation sites is 3. The molecular weight excluding hydrogens is 693 g/mol. The van der Waals surface area contributed by atoms with Crippen molar-refractivity contribution in [1.82, 2.24) is 9.13 Å². The number of hydrogen-bond donors (Lipinski definition) is 1. The molecule has 0 spiro atoms. The molecule has 57 heavy (non-hydrogen) atoms. The number of fused-ring (bicyclic) bond motifs is 6. The first kappa shape index (κ1) is 33.8. The number of benzene rings is 8. The predicted molar refractivity (Wildman–Crippen MR) is 242 cm³/mol. The van der Waals surface area contributed by atoms with Gasteiger partial charge in [-0.15, -0.1) is 0 Å². The lowest BCUT2D eigenvalue weighted by atomic mass is 9.96. The van der Waals surface area contributed by atoms with Crippen LogP contribution in [-0.2, 0) is 0 Å². The average Bonchev–Trinajstić information content (AvgIpc) is 3.80. The Morgan fingerprint density at radius 2 is 1.04 bits per heavy atom. The molecule has 0 amide bonds. The molecule has 8 aromatic carbocycles. The number of nitrogens with zero attached hydrogens (tertiary/aromatic N) is 3. The minimum atomic E-state index is 0.386. The Labute approximate surface area is 331 Å². The fraction of sp³-hybridized carbons (Fsp3) is 0. The Morgan fingerprint density at radius 3 is 1.77 bits per heavy atom. The van der Waals surface area contributed by atoms with E-state index in [4.69, 9.17) is 10.7 Å². The second kappa shape index (κ2) is 14.2. The third-order valence-electron chi connectivity index (χ3n) is 10.9. The summed E-state index contributed by atoms with van der Waals surface area (Å²) in [5.74, 6) is 0.386. The zero-order valence-corrected chi connectivity index (χ0v) is 31.3. The van der Waals surface area contributed by atoms with Gasteiger partial charge in [0.1, 0.15) is 0 Å². The van der Waals surface area contributed by atoms with Crippen molar-refractivity contribution >= 4 is 60.8 Å². The standard InChI is InChI=1S/C53H38N4/c1-36(37-16-5-2-6-17-37)34-47(40-18-7-3-8-19-40)55-53(54)57-48-25-13-11-22-44(48)46-35-41(32-33-50(46)57)38-28-30-39(31-29-38)43-24-15-27-51-52(43)45-23-12-14-26-49(45)56(51)42-20-9-4-10-21-42/h2-35H,1H2,(H2,54,55)/b47-34-. The monoisotopic (exact) mass is 730 g/mol. The van der Waals surface area contributed by atoms with Crippen molar-refractivity contribution in [2.45, 2.75) is 0 Å². The summed E-state index contributed by atoms with van der Waals surface area (Å²) in [6.45, 7) is 4.36. The molecule has 0 aliphatic rings. The van der Waals surface area contributed by atoms with Crippen molar-refractivity contribution in [2.75, 3.05) is 0 Å². The van der Waals surface area contributed by atoms with Gasteiger partial charge < -0.3 is 10.3 Å². The van der Waals surface area contributed by atoms with Gasteiger partial charge in [0.05, 0.1) is 27.8 Å². The number of allylic oxidation sites excluding steroid dienone is 2. The molecule has 270 valence electrons. The summed E-state index contributed by atoms with van der Waals surface area (Å²) >= 11 is 0. The van der Waals surface area contributed by atoms with E-state index in [0.717, 1.165) is 61.0 Å². The van der Waals surface area contributed by atoms with Crippen LogP contribution in [0.2, 0.25) is 0 Å². The quantitative estimate of drug-likeness (QED) is 0.0991. The first-order valence-corrected chi connectivity index (χ1v) is 19.2. The Morgan fingerprint density at radius 1 is 0.474 bits per heavy atom. The topological polar surface area (TPSA) is 48.2 Å². The summed E-state index contributed by atoms with van der Waals surface area (Å²) in [7, 11) is 0. The van der Waals surface area contributed by atoms with E-state index in [0.29, 0.717) is 5.96 Å². The van der Waals surface area contributed by atoms with Crippen molar-refractivity contribution in [1.29, 1.82) is 0 Å². The second-order valence-electron chi connectivity index (χ2n) is 14.3. The molecule has 10 aromatic rings. The minimum Gasteiger partial charge on any atom is -0.369 e. The third-order valence-corrected chi connectivity index (χ3v) is 10.9. The molecule has 0 saturated carbocycles. The maximum absolute atomic E-state index is 6.99. The summed E-state index contributed by atoms with van der Waals surface area (Å²) in [5, 5.41) is 4.73. The molecule has 4 nitrogen and oxygen atoms in total. The van der Waals surface area contributed by atoms with Gasteiger partial charge in [-0.1, -0.05) is 164 Å². The number of nitrogens with two attached hydrogens (primary N) is 1. The summed E-state index contributed by atoms with van der Waals surface area (Å²) < 4.78 is 4.43. The summed E-state index contributed by atoms with van der Waals surface area (Å²) in [6.07, 6.45) is 2.01. The van der Waals surface area contributed by atoms with Gasteiger partial charge in [0.25, 0.3) is 0 Å². The van der Waals surface area contributed by atoms with E-state index in [1.54, 1.807) is 0 Å². The van der Waals surface area contributed by atoms with Gasteiger partial charge in [0.2, 0.25) is 5.96 Å². The van der Waals surface area contributed by atoms with E-state index in [9.17, 15) is 0 Å². The van der Waals surface area contributed by atoms with Crippen LogP contribution in [0.25, 0.3) is 82.8 Å². The third kappa shape index (κ3) is 6.01. The lowest BCUT2D eigenvalue weighted by molar-refractivity contribution is 1.18. The Kier molecular flexibility index (Phi) is 8.42. The highest BCUT2D eigenvalue weighted by Crippen LogP contribution is 2.39. The van der Waals surface area contributed by atoms with Gasteiger partial charge in [-0.2, -0.15) is 0 Å². The van der Waals surface area contributed by atoms with Crippen molar-refractivity contribution in [3.8, 4) is 27.9 Å². The summed E-state index contributed by atoms with van der Waals surface area (Å²) in [4.78, 5) is 5.09. The van der Waals surface area contributed by atoms with Gasteiger partial charge in [-0.05, 0) is 81.9 Å². The fourth-order valence-corrected chi connectivity index (χ4v) is 8.22. The van der Waals surface area contributed by atoms with Crippen molar-refractivity contribution in [3.05, 3.63) is 224 Å².